The fraction of sp³-hybridized carbons (Fsp3) is 0.684. The van der Waals surface area contributed by atoms with Gasteiger partial charge in [-0.1, -0.05) is 12.5 Å². The monoisotopic (exact) mass is 378 g/mol. The van der Waals surface area contributed by atoms with Gasteiger partial charge in [-0.15, -0.1) is 11.3 Å². The van der Waals surface area contributed by atoms with E-state index < -0.39 is 11.8 Å². The van der Waals surface area contributed by atoms with Crippen LogP contribution in [-0.4, -0.2) is 54.3 Å². The number of hydrogen-bond acceptors (Lipinski definition) is 5. The average Bonchev–Trinajstić information content (AvgIpc) is 3.41. The fourth-order valence-electron chi connectivity index (χ4n) is 4.33. The van der Waals surface area contributed by atoms with Crippen LogP contribution in [0.4, 0.5) is 0 Å². The Bertz CT molecular complexity index is 636. The highest BCUT2D eigenvalue weighted by molar-refractivity contribution is 7.12. The molecule has 1 aromatic heterocycles. The molecule has 2 atom stereocenters. The van der Waals surface area contributed by atoms with Gasteiger partial charge in [0, 0.05) is 13.2 Å². The molecule has 142 valence electrons. The summed E-state index contributed by atoms with van der Waals surface area (Å²) < 4.78 is 11.7. The summed E-state index contributed by atoms with van der Waals surface area (Å²) in [5, 5.41) is 4.88. The number of ether oxygens (including phenoxy) is 2. The second-order valence-corrected chi connectivity index (χ2v) is 8.31. The molecule has 0 radical (unpaired) electrons. The van der Waals surface area contributed by atoms with Gasteiger partial charge in [0.2, 0.25) is 5.91 Å². The van der Waals surface area contributed by atoms with Gasteiger partial charge in [-0.3, -0.25) is 14.5 Å². The molecule has 0 unspecified atom stereocenters. The number of thiophene rings is 1. The Morgan fingerprint density at radius 3 is 2.81 bits per heavy atom. The van der Waals surface area contributed by atoms with Gasteiger partial charge in [-0.25, -0.2) is 0 Å². The molecular weight excluding hydrogens is 352 g/mol. The first kappa shape index (κ1) is 17.9. The Morgan fingerprint density at radius 2 is 2.12 bits per heavy atom. The molecule has 26 heavy (non-hydrogen) atoms. The van der Waals surface area contributed by atoms with Gasteiger partial charge in [0.25, 0.3) is 5.91 Å². The van der Waals surface area contributed by atoms with Crippen molar-refractivity contribution < 1.29 is 19.1 Å². The molecule has 1 aromatic rings. The van der Waals surface area contributed by atoms with E-state index in [1.165, 1.54) is 11.3 Å². The molecular formula is C19H26N2O4S. The molecule has 3 aliphatic rings. The van der Waals surface area contributed by atoms with Crippen LogP contribution in [0, 0.1) is 0 Å². The van der Waals surface area contributed by atoms with E-state index in [0.29, 0.717) is 11.4 Å². The molecule has 0 aromatic carbocycles. The van der Waals surface area contributed by atoms with Crippen molar-refractivity contribution in [1.29, 1.82) is 0 Å². The Morgan fingerprint density at radius 1 is 1.27 bits per heavy atom. The predicted molar refractivity (Wildman–Crippen MR) is 98.0 cm³/mol. The molecule has 3 fully saturated rings. The molecule has 3 heterocycles. The Labute approximate surface area is 157 Å². The predicted octanol–water partition coefficient (Wildman–Crippen LogP) is 2.54. The van der Waals surface area contributed by atoms with Crippen LogP contribution < -0.4 is 5.32 Å². The lowest BCUT2D eigenvalue weighted by Crippen LogP contribution is -2.56. The highest BCUT2D eigenvalue weighted by Gasteiger charge is 2.53. The van der Waals surface area contributed by atoms with Crippen molar-refractivity contribution in [1.82, 2.24) is 10.2 Å². The first-order chi connectivity index (χ1) is 12.7. The molecule has 1 saturated carbocycles. The average molecular weight is 378 g/mol. The Hall–Kier alpha value is -1.44. The van der Waals surface area contributed by atoms with Crippen molar-refractivity contribution in [2.75, 3.05) is 19.8 Å². The number of nitrogens with one attached hydrogen (secondary N) is 1. The van der Waals surface area contributed by atoms with Gasteiger partial charge in [0.05, 0.1) is 17.6 Å². The lowest BCUT2D eigenvalue weighted by Gasteiger charge is -2.41. The summed E-state index contributed by atoms with van der Waals surface area (Å²) in [4.78, 5) is 28.5. The van der Waals surface area contributed by atoms with Gasteiger partial charge < -0.3 is 14.8 Å². The summed E-state index contributed by atoms with van der Waals surface area (Å²) in [5.41, 5.74) is -0.620. The zero-order valence-corrected chi connectivity index (χ0v) is 15.8. The van der Waals surface area contributed by atoms with Gasteiger partial charge in [-0.2, -0.15) is 0 Å². The molecule has 2 saturated heterocycles. The van der Waals surface area contributed by atoms with Crippen molar-refractivity contribution >= 4 is 23.2 Å². The van der Waals surface area contributed by atoms with Crippen LogP contribution >= 0.6 is 11.3 Å². The van der Waals surface area contributed by atoms with Crippen LogP contribution in [0.2, 0.25) is 0 Å². The van der Waals surface area contributed by atoms with Crippen LogP contribution in [0.1, 0.15) is 54.6 Å². The number of hydrogen-bond donors (Lipinski definition) is 1. The minimum absolute atomic E-state index is 0.0864. The third-order valence-corrected chi connectivity index (χ3v) is 6.53. The maximum absolute atomic E-state index is 13.2. The number of amides is 2. The van der Waals surface area contributed by atoms with Crippen LogP contribution in [-0.2, 0) is 14.3 Å². The third-order valence-electron chi connectivity index (χ3n) is 5.68. The van der Waals surface area contributed by atoms with E-state index in [2.05, 4.69) is 5.32 Å². The summed E-state index contributed by atoms with van der Waals surface area (Å²) in [5.74, 6) is -0.218. The summed E-state index contributed by atoms with van der Waals surface area (Å²) in [6.07, 6.45) is 6.92. The molecule has 4 rings (SSSR count). The van der Waals surface area contributed by atoms with Gasteiger partial charge >= 0.3 is 0 Å². The summed E-state index contributed by atoms with van der Waals surface area (Å²) in [7, 11) is 0. The first-order valence-electron chi connectivity index (χ1n) is 9.60. The molecule has 2 amide bonds. The second kappa shape index (κ2) is 7.66. The van der Waals surface area contributed by atoms with Gasteiger partial charge in [0.1, 0.15) is 11.8 Å². The van der Waals surface area contributed by atoms with Crippen molar-refractivity contribution in [2.45, 2.75) is 62.8 Å². The zero-order chi connectivity index (χ0) is 18.0. The van der Waals surface area contributed by atoms with Crippen LogP contribution in [0.3, 0.4) is 0 Å². The minimum atomic E-state index is -0.620. The summed E-state index contributed by atoms with van der Waals surface area (Å²) >= 11 is 1.41. The van der Waals surface area contributed by atoms with Crippen LogP contribution in [0.15, 0.2) is 17.5 Å². The molecule has 7 heteroatoms. The quantitative estimate of drug-likeness (QED) is 0.874. The number of rotatable bonds is 4. The Kier molecular flexibility index (Phi) is 5.29. The maximum atomic E-state index is 13.2. The number of carbonyl (C=O) groups is 2. The largest absolute Gasteiger partial charge is 0.376 e. The SMILES string of the molecule is O=C(NC[C@@H]1CCCO1)[C@H]1COC2(CCCCC2)N1C(=O)c1cccs1. The molecule has 0 bridgehead atoms. The first-order valence-corrected chi connectivity index (χ1v) is 10.5. The van der Waals surface area contributed by atoms with E-state index in [1.54, 1.807) is 4.90 Å². The molecule has 1 aliphatic carbocycles. The van der Waals surface area contributed by atoms with Gasteiger partial charge in [-0.05, 0) is 50.0 Å². The van der Waals surface area contributed by atoms with Crippen molar-refractivity contribution in [3.8, 4) is 0 Å². The van der Waals surface area contributed by atoms with Crippen molar-refractivity contribution in [2.24, 2.45) is 0 Å². The standard InChI is InChI=1S/C19H26N2O4S/c22-17(20-12-14-6-4-10-24-14)15-13-25-19(8-2-1-3-9-19)21(15)18(23)16-7-5-11-26-16/h5,7,11,14-15H,1-4,6,8-10,12-13H2,(H,20,22)/t14-,15+/m0/s1. The third kappa shape index (κ3) is 3.40. The Balaban J connectivity index is 1.52. The number of carbonyl (C=O) groups excluding carboxylic acids is 2. The fourth-order valence-corrected chi connectivity index (χ4v) is 4.99. The van der Waals surface area contributed by atoms with E-state index in [0.717, 1.165) is 51.6 Å². The van der Waals surface area contributed by atoms with E-state index in [4.69, 9.17) is 9.47 Å². The molecule has 1 spiro atoms. The van der Waals surface area contributed by atoms with E-state index >= 15 is 0 Å². The van der Waals surface area contributed by atoms with Crippen LogP contribution in [0.5, 0.6) is 0 Å². The minimum Gasteiger partial charge on any atom is -0.376 e. The van der Waals surface area contributed by atoms with E-state index in [1.807, 2.05) is 17.5 Å². The zero-order valence-electron chi connectivity index (χ0n) is 14.9. The number of nitrogens with zero attached hydrogens (tertiary/aromatic N) is 1. The smallest absolute Gasteiger partial charge is 0.266 e. The van der Waals surface area contributed by atoms with E-state index in [9.17, 15) is 9.59 Å². The molecule has 2 aliphatic heterocycles. The van der Waals surface area contributed by atoms with Crippen molar-refractivity contribution in [3.63, 3.8) is 0 Å². The highest BCUT2D eigenvalue weighted by atomic mass is 32.1. The lowest BCUT2D eigenvalue weighted by molar-refractivity contribution is -0.127. The second-order valence-electron chi connectivity index (χ2n) is 7.37. The van der Waals surface area contributed by atoms with Crippen LogP contribution in [0.25, 0.3) is 0 Å². The van der Waals surface area contributed by atoms with E-state index in [-0.39, 0.29) is 24.5 Å². The lowest BCUT2D eigenvalue weighted by atomic mass is 9.90. The molecule has 1 N–H and O–H groups in total. The topological polar surface area (TPSA) is 67.9 Å². The highest BCUT2D eigenvalue weighted by Crippen LogP contribution is 2.41. The molecule has 6 nitrogen and oxygen atoms in total. The normalized spacial score (nSPS) is 27.8. The van der Waals surface area contributed by atoms with Gasteiger partial charge in [0.15, 0.2) is 0 Å². The van der Waals surface area contributed by atoms with Crippen molar-refractivity contribution in [3.05, 3.63) is 22.4 Å². The summed E-state index contributed by atoms with van der Waals surface area (Å²) in [6, 6.07) is 3.13. The maximum Gasteiger partial charge on any atom is 0.266 e. The summed E-state index contributed by atoms with van der Waals surface area (Å²) in [6.45, 7) is 1.54.